The fraction of sp³-hybridized carbons (Fsp3) is 0.692. The molecule has 0 bridgehead atoms. The fourth-order valence-corrected chi connectivity index (χ4v) is 2.71. The molecular formula is C13H20O2S. The minimum absolute atomic E-state index is 0.0676. The Morgan fingerprint density at radius 2 is 2.44 bits per heavy atom. The number of rotatable bonds is 5. The molecule has 0 aliphatic carbocycles. The van der Waals surface area contributed by atoms with Crippen molar-refractivity contribution >= 4 is 11.3 Å². The summed E-state index contributed by atoms with van der Waals surface area (Å²) in [5.41, 5.74) is 1.44. The van der Waals surface area contributed by atoms with Gasteiger partial charge in [-0.2, -0.15) is 0 Å². The summed E-state index contributed by atoms with van der Waals surface area (Å²) in [4.78, 5) is 1.39. The summed E-state index contributed by atoms with van der Waals surface area (Å²) in [6.07, 6.45) is 5.78. The number of hydrogen-bond donors (Lipinski definition) is 0. The van der Waals surface area contributed by atoms with Crippen molar-refractivity contribution in [2.45, 2.75) is 45.3 Å². The third-order valence-corrected chi connectivity index (χ3v) is 3.75. The number of aryl methyl sites for hydroxylation is 2. The number of hydrogen-bond acceptors (Lipinski definition) is 3. The van der Waals surface area contributed by atoms with E-state index in [2.05, 4.69) is 18.4 Å². The summed E-state index contributed by atoms with van der Waals surface area (Å²) in [5, 5.41) is 2.24. The fourth-order valence-electron chi connectivity index (χ4n) is 1.96. The molecule has 1 aromatic rings. The van der Waals surface area contributed by atoms with Crippen LogP contribution in [0.1, 0.15) is 36.1 Å². The lowest BCUT2D eigenvalue weighted by Crippen LogP contribution is -2.22. The quantitative estimate of drug-likeness (QED) is 0.733. The monoisotopic (exact) mass is 240 g/mol. The topological polar surface area (TPSA) is 18.5 Å². The van der Waals surface area contributed by atoms with Crippen molar-refractivity contribution in [2.24, 2.45) is 0 Å². The Bertz CT molecular complexity index is 303. The smallest absolute Gasteiger partial charge is 0.157 e. The van der Waals surface area contributed by atoms with Crippen molar-refractivity contribution in [2.75, 3.05) is 13.2 Å². The maximum Gasteiger partial charge on any atom is 0.157 e. The van der Waals surface area contributed by atoms with Gasteiger partial charge in [0, 0.05) is 11.5 Å². The molecule has 1 fully saturated rings. The average molecular weight is 240 g/mol. The predicted octanol–water partition coefficient (Wildman–Crippen LogP) is 3.53. The van der Waals surface area contributed by atoms with E-state index in [0.717, 1.165) is 32.5 Å². The molecule has 16 heavy (non-hydrogen) atoms. The molecular weight excluding hydrogens is 220 g/mol. The molecule has 1 unspecified atom stereocenters. The Kier molecular flexibility index (Phi) is 4.82. The highest BCUT2D eigenvalue weighted by Gasteiger charge is 2.13. The molecule has 0 amide bonds. The van der Waals surface area contributed by atoms with Crippen LogP contribution in [-0.4, -0.2) is 19.5 Å². The molecule has 0 radical (unpaired) electrons. The van der Waals surface area contributed by atoms with E-state index in [1.54, 1.807) is 0 Å². The molecule has 1 atom stereocenters. The lowest BCUT2D eigenvalue weighted by Gasteiger charge is -2.22. The van der Waals surface area contributed by atoms with E-state index in [4.69, 9.17) is 9.47 Å². The van der Waals surface area contributed by atoms with Gasteiger partial charge < -0.3 is 9.47 Å². The summed E-state index contributed by atoms with van der Waals surface area (Å²) in [7, 11) is 0. The van der Waals surface area contributed by atoms with Crippen LogP contribution < -0.4 is 0 Å². The minimum atomic E-state index is 0.0676. The van der Waals surface area contributed by atoms with Gasteiger partial charge in [-0.3, -0.25) is 0 Å². The molecule has 90 valence electrons. The van der Waals surface area contributed by atoms with E-state index in [9.17, 15) is 0 Å². The van der Waals surface area contributed by atoms with E-state index < -0.39 is 0 Å². The molecule has 3 heteroatoms. The molecule has 0 aromatic carbocycles. The Morgan fingerprint density at radius 3 is 3.12 bits per heavy atom. The highest BCUT2D eigenvalue weighted by molar-refractivity contribution is 7.10. The summed E-state index contributed by atoms with van der Waals surface area (Å²) < 4.78 is 11.2. The summed E-state index contributed by atoms with van der Waals surface area (Å²) in [6.45, 7) is 3.84. The Hall–Kier alpha value is -0.380. The van der Waals surface area contributed by atoms with Crippen LogP contribution in [0.4, 0.5) is 0 Å². The zero-order valence-corrected chi connectivity index (χ0v) is 10.7. The van der Waals surface area contributed by atoms with Gasteiger partial charge in [0.1, 0.15) is 0 Å². The Labute approximate surface area is 102 Å². The molecule has 1 aliphatic heterocycles. The van der Waals surface area contributed by atoms with Crippen LogP contribution in [0.3, 0.4) is 0 Å². The zero-order valence-electron chi connectivity index (χ0n) is 9.91. The minimum Gasteiger partial charge on any atom is -0.353 e. The van der Waals surface area contributed by atoms with Crippen LogP contribution in [0, 0.1) is 6.92 Å². The molecule has 2 heterocycles. The number of ether oxygens (including phenoxy) is 2. The first-order chi connectivity index (χ1) is 7.84. The second kappa shape index (κ2) is 6.38. The summed E-state index contributed by atoms with van der Waals surface area (Å²) in [5.74, 6) is 0. The molecule has 2 nitrogen and oxygen atoms in total. The summed E-state index contributed by atoms with van der Waals surface area (Å²) >= 11 is 1.83. The molecule has 1 aromatic heterocycles. The number of thiophene rings is 1. The van der Waals surface area contributed by atoms with Gasteiger partial charge in [-0.05, 0) is 56.0 Å². The molecule has 1 saturated heterocycles. The van der Waals surface area contributed by atoms with Gasteiger partial charge in [0.15, 0.2) is 6.29 Å². The zero-order chi connectivity index (χ0) is 11.2. The SMILES string of the molecule is Cc1cc(CCCOC2CCCCO2)cs1. The van der Waals surface area contributed by atoms with Crippen molar-refractivity contribution < 1.29 is 9.47 Å². The van der Waals surface area contributed by atoms with Crippen LogP contribution in [0.2, 0.25) is 0 Å². The maximum absolute atomic E-state index is 5.69. The average Bonchev–Trinajstić information content (AvgIpc) is 2.72. The predicted molar refractivity (Wildman–Crippen MR) is 66.9 cm³/mol. The van der Waals surface area contributed by atoms with E-state index >= 15 is 0 Å². The van der Waals surface area contributed by atoms with Crippen molar-refractivity contribution in [1.82, 2.24) is 0 Å². The third kappa shape index (κ3) is 3.89. The molecule has 0 spiro atoms. The van der Waals surface area contributed by atoms with Crippen LogP contribution >= 0.6 is 11.3 Å². The third-order valence-electron chi connectivity index (χ3n) is 2.84. The van der Waals surface area contributed by atoms with Crippen LogP contribution in [0.15, 0.2) is 11.4 Å². The Balaban J connectivity index is 1.57. The van der Waals surface area contributed by atoms with Gasteiger partial charge >= 0.3 is 0 Å². The van der Waals surface area contributed by atoms with Gasteiger partial charge in [-0.15, -0.1) is 11.3 Å². The first-order valence-electron chi connectivity index (χ1n) is 6.12. The largest absolute Gasteiger partial charge is 0.353 e. The van der Waals surface area contributed by atoms with Crippen LogP contribution in [-0.2, 0) is 15.9 Å². The lowest BCUT2D eigenvalue weighted by molar-refractivity contribution is -0.162. The highest BCUT2D eigenvalue weighted by Crippen LogP contribution is 2.16. The van der Waals surface area contributed by atoms with Gasteiger partial charge in [0.25, 0.3) is 0 Å². The molecule has 0 N–H and O–H groups in total. The normalized spacial score (nSPS) is 21.2. The van der Waals surface area contributed by atoms with E-state index in [1.165, 1.54) is 23.3 Å². The second-order valence-corrected chi connectivity index (χ2v) is 5.45. The lowest BCUT2D eigenvalue weighted by atomic mass is 10.2. The van der Waals surface area contributed by atoms with Crippen molar-refractivity contribution in [3.63, 3.8) is 0 Å². The van der Waals surface area contributed by atoms with E-state index in [-0.39, 0.29) is 6.29 Å². The highest BCUT2D eigenvalue weighted by atomic mass is 32.1. The Morgan fingerprint density at radius 1 is 1.50 bits per heavy atom. The van der Waals surface area contributed by atoms with Crippen LogP contribution in [0.5, 0.6) is 0 Å². The van der Waals surface area contributed by atoms with Crippen molar-refractivity contribution in [3.8, 4) is 0 Å². The molecule has 1 aliphatic rings. The molecule has 0 saturated carbocycles. The van der Waals surface area contributed by atoms with Crippen molar-refractivity contribution in [1.29, 1.82) is 0 Å². The van der Waals surface area contributed by atoms with Crippen molar-refractivity contribution in [3.05, 3.63) is 21.9 Å². The van der Waals surface area contributed by atoms with Gasteiger partial charge in [-0.25, -0.2) is 0 Å². The first kappa shape index (κ1) is 12.1. The van der Waals surface area contributed by atoms with Crippen LogP contribution in [0.25, 0.3) is 0 Å². The summed E-state index contributed by atoms with van der Waals surface area (Å²) in [6, 6.07) is 2.27. The van der Waals surface area contributed by atoms with E-state index in [0.29, 0.717) is 0 Å². The van der Waals surface area contributed by atoms with Gasteiger partial charge in [-0.1, -0.05) is 0 Å². The van der Waals surface area contributed by atoms with Gasteiger partial charge in [0.05, 0.1) is 6.61 Å². The standard InChI is InChI=1S/C13H20O2S/c1-11-9-12(10-16-11)5-4-8-15-13-6-2-3-7-14-13/h9-10,13H,2-8H2,1H3. The van der Waals surface area contributed by atoms with Gasteiger partial charge in [0.2, 0.25) is 0 Å². The second-order valence-electron chi connectivity index (χ2n) is 4.34. The molecule has 2 rings (SSSR count). The maximum atomic E-state index is 5.69. The van der Waals surface area contributed by atoms with E-state index in [1.807, 2.05) is 11.3 Å². The first-order valence-corrected chi connectivity index (χ1v) is 7.00.